The van der Waals surface area contributed by atoms with Crippen molar-refractivity contribution in [2.24, 2.45) is 10.7 Å². The largest absolute Gasteiger partial charge is 0.378 e. The predicted molar refractivity (Wildman–Crippen MR) is 77.7 cm³/mol. The standard InChI is InChI=1S/C11H9Cl2N3O2S/c12-5-2-1-3-6(9(5)13)15-8(17)4-7-10(18)16-11(14)19-7/h1-3,7H,4H2,(H,15,17)(H2,14,16,18)/t7-/m1/s1. The van der Waals surface area contributed by atoms with Gasteiger partial charge in [0.2, 0.25) is 5.91 Å². The van der Waals surface area contributed by atoms with Gasteiger partial charge in [-0.15, -0.1) is 0 Å². The Kier molecular flexibility index (Phi) is 4.34. The predicted octanol–water partition coefficient (Wildman–Crippen LogP) is 2.28. The molecule has 19 heavy (non-hydrogen) atoms. The second kappa shape index (κ2) is 5.81. The zero-order chi connectivity index (χ0) is 14.0. The molecule has 2 amide bonds. The maximum Gasteiger partial charge on any atom is 0.262 e. The molecule has 100 valence electrons. The molecule has 0 aromatic heterocycles. The Morgan fingerprint density at radius 3 is 2.84 bits per heavy atom. The lowest BCUT2D eigenvalue weighted by Crippen LogP contribution is -2.21. The highest BCUT2D eigenvalue weighted by Gasteiger charge is 2.29. The SMILES string of the molecule is NC1=NC(=O)[C@@H](CC(=O)Nc2cccc(Cl)c2Cl)S1. The van der Waals surface area contributed by atoms with Gasteiger partial charge in [0, 0.05) is 6.42 Å². The van der Waals surface area contributed by atoms with Gasteiger partial charge in [-0.05, 0) is 12.1 Å². The first-order valence-corrected chi connectivity index (χ1v) is 6.89. The summed E-state index contributed by atoms with van der Waals surface area (Å²) >= 11 is 12.9. The fourth-order valence-electron chi connectivity index (χ4n) is 1.50. The van der Waals surface area contributed by atoms with Gasteiger partial charge in [-0.25, -0.2) is 0 Å². The van der Waals surface area contributed by atoms with Crippen molar-refractivity contribution in [2.75, 3.05) is 5.32 Å². The summed E-state index contributed by atoms with van der Waals surface area (Å²) in [6.45, 7) is 0. The van der Waals surface area contributed by atoms with E-state index in [0.29, 0.717) is 10.7 Å². The van der Waals surface area contributed by atoms with Crippen LogP contribution in [0.3, 0.4) is 0 Å². The van der Waals surface area contributed by atoms with E-state index in [1.165, 1.54) is 0 Å². The van der Waals surface area contributed by atoms with Gasteiger partial charge >= 0.3 is 0 Å². The summed E-state index contributed by atoms with van der Waals surface area (Å²) in [6.07, 6.45) is -0.0173. The first kappa shape index (κ1) is 14.2. The quantitative estimate of drug-likeness (QED) is 0.895. The van der Waals surface area contributed by atoms with Crippen LogP contribution in [-0.4, -0.2) is 22.2 Å². The van der Waals surface area contributed by atoms with Crippen molar-refractivity contribution in [2.45, 2.75) is 11.7 Å². The molecule has 3 N–H and O–H groups in total. The lowest BCUT2D eigenvalue weighted by atomic mass is 10.2. The molecule has 1 aromatic carbocycles. The number of nitrogens with zero attached hydrogens (tertiary/aromatic N) is 1. The molecule has 5 nitrogen and oxygen atoms in total. The number of amidine groups is 1. The van der Waals surface area contributed by atoms with Gasteiger partial charge in [0.25, 0.3) is 5.91 Å². The van der Waals surface area contributed by atoms with Crippen LogP contribution in [-0.2, 0) is 9.59 Å². The Morgan fingerprint density at radius 1 is 1.47 bits per heavy atom. The number of rotatable bonds is 3. The minimum absolute atomic E-state index is 0.0173. The third-order valence-corrected chi connectivity index (χ3v) is 4.16. The summed E-state index contributed by atoms with van der Waals surface area (Å²) in [6, 6.07) is 4.91. The van der Waals surface area contributed by atoms with Crippen LogP contribution >= 0.6 is 35.0 Å². The van der Waals surface area contributed by atoms with E-state index < -0.39 is 11.2 Å². The van der Waals surface area contributed by atoms with Crippen LogP contribution in [0.5, 0.6) is 0 Å². The lowest BCUT2D eigenvalue weighted by Gasteiger charge is -2.09. The van der Waals surface area contributed by atoms with Gasteiger partial charge in [-0.2, -0.15) is 4.99 Å². The summed E-state index contributed by atoms with van der Waals surface area (Å²) in [5.74, 6) is -0.741. The first-order valence-electron chi connectivity index (χ1n) is 5.26. The average Bonchev–Trinajstić information content (AvgIpc) is 2.64. The Bertz CT molecular complexity index is 577. The molecule has 0 aliphatic carbocycles. The summed E-state index contributed by atoms with van der Waals surface area (Å²) in [5.41, 5.74) is 5.82. The van der Waals surface area contributed by atoms with Gasteiger partial charge in [0.05, 0.1) is 15.7 Å². The van der Waals surface area contributed by atoms with E-state index in [1.807, 2.05) is 0 Å². The van der Waals surface area contributed by atoms with E-state index >= 15 is 0 Å². The number of carbonyl (C=O) groups excluding carboxylic acids is 2. The molecular formula is C11H9Cl2N3O2S. The number of thioether (sulfide) groups is 1. The summed E-state index contributed by atoms with van der Waals surface area (Å²) in [7, 11) is 0. The maximum absolute atomic E-state index is 11.8. The number of amides is 2. The van der Waals surface area contributed by atoms with Crippen molar-refractivity contribution in [3.63, 3.8) is 0 Å². The van der Waals surface area contributed by atoms with Gasteiger partial charge in [-0.1, -0.05) is 41.0 Å². The number of halogens is 2. The number of hydrogen-bond donors (Lipinski definition) is 2. The molecule has 0 spiro atoms. The van der Waals surface area contributed by atoms with Crippen molar-refractivity contribution in [1.29, 1.82) is 0 Å². The van der Waals surface area contributed by atoms with Crippen molar-refractivity contribution < 1.29 is 9.59 Å². The zero-order valence-corrected chi connectivity index (χ0v) is 11.9. The molecule has 1 atom stereocenters. The van der Waals surface area contributed by atoms with Gasteiger partial charge in [0.15, 0.2) is 5.17 Å². The lowest BCUT2D eigenvalue weighted by molar-refractivity contribution is -0.121. The molecule has 8 heteroatoms. The zero-order valence-electron chi connectivity index (χ0n) is 9.52. The highest BCUT2D eigenvalue weighted by molar-refractivity contribution is 8.15. The second-order valence-corrected chi connectivity index (χ2v) is 5.76. The van der Waals surface area contributed by atoms with E-state index in [9.17, 15) is 9.59 Å². The van der Waals surface area contributed by atoms with Crippen molar-refractivity contribution in [3.8, 4) is 0 Å². The number of hydrogen-bond acceptors (Lipinski definition) is 4. The Labute approximate surface area is 123 Å². The number of carbonyl (C=O) groups is 2. The van der Waals surface area contributed by atoms with Crippen LogP contribution in [0.15, 0.2) is 23.2 Å². The van der Waals surface area contributed by atoms with Crippen molar-refractivity contribution in [1.82, 2.24) is 0 Å². The number of anilines is 1. The third-order valence-electron chi connectivity index (χ3n) is 2.36. The van der Waals surface area contributed by atoms with Crippen LogP contribution in [0.2, 0.25) is 10.0 Å². The number of nitrogens with two attached hydrogens (primary N) is 1. The second-order valence-electron chi connectivity index (χ2n) is 3.75. The van der Waals surface area contributed by atoms with Gasteiger partial charge < -0.3 is 11.1 Å². The Morgan fingerprint density at radius 2 is 2.21 bits per heavy atom. The van der Waals surface area contributed by atoms with E-state index in [-0.39, 0.29) is 22.5 Å². The molecule has 0 bridgehead atoms. The van der Waals surface area contributed by atoms with Crippen LogP contribution in [0, 0.1) is 0 Å². The van der Waals surface area contributed by atoms with Crippen LogP contribution in [0.25, 0.3) is 0 Å². The third kappa shape index (κ3) is 3.40. The van der Waals surface area contributed by atoms with E-state index in [2.05, 4.69) is 10.3 Å². The van der Waals surface area contributed by atoms with E-state index in [4.69, 9.17) is 28.9 Å². The molecule has 0 fully saturated rings. The molecular weight excluding hydrogens is 309 g/mol. The minimum atomic E-state index is -0.571. The van der Waals surface area contributed by atoms with E-state index in [1.54, 1.807) is 18.2 Å². The molecule has 1 aliphatic rings. The monoisotopic (exact) mass is 317 g/mol. The molecule has 0 unspecified atom stereocenters. The van der Waals surface area contributed by atoms with Crippen LogP contribution < -0.4 is 11.1 Å². The van der Waals surface area contributed by atoms with Crippen molar-refractivity contribution >= 4 is 57.6 Å². The first-order chi connectivity index (χ1) is 8.97. The summed E-state index contributed by atoms with van der Waals surface area (Å²) in [5, 5.41) is 2.82. The smallest absolute Gasteiger partial charge is 0.262 e. The maximum atomic E-state index is 11.8. The molecule has 1 aliphatic heterocycles. The van der Waals surface area contributed by atoms with Crippen molar-refractivity contribution in [3.05, 3.63) is 28.2 Å². The normalized spacial score (nSPS) is 18.3. The minimum Gasteiger partial charge on any atom is -0.378 e. The molecule has 0 saturated carbocycles. The average molecular weight is 318 g/mol. The Balaban J connectivity index is 1.99. The number of benzene rings is 1. The molecule has 2 rings (SSSR count). The van der Waals surface area contributed by atoms with Crippen LogP contribution in [0.4, 0.5) is 5.69 Å². The molecule has 1 aromatic rings. The summed E-state index contributed by atoms with van der Waals surface area (Å²) in [4.78, 5) is 26.7. The van der Waals surface area contributed by atoms with E-state index in [0.717, 1.165) is 11.8 Å². The van der Waals surface area contributed by atoms with Gasteiger partial charge in [-0.3, -0.25) is 9.59 Å². The molecule has 0 saturated heterocycles. The molecule has 0 radical (unpaired) electrons. The Hall–Kier alpha value is -1.24. The fraction of sp³-hybridized carbons (Fsp3) is 0.182. The highest BCUT2D eigenvalue weighted by Crippen LogP contribution is 2.30. The number of nitrogens with one attached hydrogen (secondary N) is 1. The number of aliphatic imine (C=N–C) groups is 1. The highest BCUT2D eigenvalue weighted by atomic mass is 35.5. The fourth-order valence-corrected chi connectivity index (χ4v) is 2.67. The van der Waals surface area contributed by atoms with Crippen LogP contribution in [0.1, 0.15) is 6.42 Å². The molecule has 1 heterocycles. The van der Waals surface area contributed by atoms with Gasteiger partial charge in [0.1, 0.15) is 5.25 Å². The topological polar surface area (TPSA) is 84.5 Å². The summed E-state index contributed by atoms with van der Waals surface area (Å²) < 4.78 is 0.